The summed E-state index contributed by atoms with van der Waals surface area (Å²) in [6.07, 6.45) is 0. The third-order valence-electron chi connectivity index (χ3n) is 5.62. The van der Waals surface area contributed by atoms with Gasteiger partial charge in [0.25, 0.3) is 5.91 Å². The maximum Gasteiger partial charge on any atom is 0.338 e. The second kappa shape index (κ2) is 10.8. The smallest absolute Gasteiger partial charge is 0.338 e. The van der Waals surface area contributed by atoms with Gasteiger partial charge in [-0.25, -0.2) is 13.2 Å². The second-order valence-corrected chi connectivity index (χ2v) is 9.97. The van der Waals surface area contributed by atoms with Crippen LogP contribution in [0.4, 0.5) is 5.69 Å². The zero-order chi connectivity index (χ0) is 24.8. The Morgan fingerprint density at radius 1 is 0.943 bits per heavy atom. The molecule has 0 bridgehead atoms. The van der Waals surface area contributed by atoms with E-state index in [9.17, 15) is 18.0 Å². The number of aryl methyl sites for hydroxylation is 1. The van der Waals surface area contributed by atoms with E-state index in [4.69, 9.17) is 9.47 Å². The molecule has 1 heterocycles. The lowest BCUT2D eigenvalue weighted by Gasteiger charge is -2.26. The summed E-state index contributed by atoms with van der Waals surface area (Å²) in [7, 11) is -3.72. The minimum atomic E-state index is -3.72. The molecule has 1 aliphatic heterocycles. The van der Waals surface area contributed by atoms with Crippen LogP contribution in [0.25, 0.3) is 11.1 Å². The lowest BCUT2D eigenvalue weighted by molar-refractivity contribution is -0.119. The molecular weight excluding hydrogens is 468 g/mol. The molecule has 0 spiro atoms. The number of sulfonamides is 1. The lowest BCUT2D eigenvalue weighted by atomic mass is 10.0. The van der Waals surface area contributed by atoms with Gasteiger partial charge in [0.15, 0.2) is 6.61 Å². The Morgan fingerprint density at radius 2 is 1.60 bits per heavy atom. The highest BCUT2D eigenvalue weighted by molar-refractivity contribution is 7.89. The van der Waals surface area contributed by atoms with Gasteiger partial charge < -0.3 is 14.8 Å². The van der Waals surface area contributed by atoms with Crippen molar-refractivity contribution < 1.29 is 27.5 Å². The molecule has 0 aliphatic carbocycles. The fraction of sp³-hybridized carbons (Fsp3) is 0.231. The quantitative estimate of drug-likeness (QED) is 0.505. The predicted octanol–water partition coefficient (Wildman–Crippen LogP) is 3.48. The topological polar surface area (TPSA) is 102 Å². The molecule has 3 aromatic carbocycles. The van der Waals surface area contributed by atoms with Gasteiger partial charge in [0.1, 0.15) is 0 Å². The summed E-state index contributed by atoms with van der Waals surface area (Å²) < 4.78 is 37.8. The van der Waals surface area contributed by atoms with E-state index < -0.39 is 28.5 Å². The van der Waals surface area contributed by atoms with Crippen LogP contribution in [0.5, 0.6) is 0 Å². The summed E-state index contributed by atoms with van der Waals surface area (Å²) in [5, 5.41) is 2.60. The van der Waals surface area contributed by atoms with Crippen molar-refractivity contribution in [2.24, 2.45) is 0 Å². The molecule has 8 nitrogen and oxygen atoms in total. The van der Waals surface area contributed by atoms with E-state index in [1.807, 2.05) is 42.5 Å². The van der Waals surface area contributed by atoms with Crippen LogP contribution in [0.3, 0.4) is 0 Å². The third kappa shape index (κ3) is 5.94. The van der Waals surface area contributed by atoms with Crippen molar-refractivity contribution in [2.75, 3.05) is 38.2 Å². The minimum absolute atomic E-state index is 0.118. The molecule has 0 atom stereocenters. The standard InChI is InChI=1S/C26H26N2O6S/c1-19-7-12-23(17-24(19)35(31,32)28-13-15-33-16-14-28)27-25(29)18-34-26(30)22-10-8-21(9-11-22)20-5-3-2-4-6-20/h2-12,17H,13-16,18H2,1H3,(H,27,29). The first-order valence-corrected chi connectivity index (χ1v) is 12.6. The summed E-state index contributed by atoms with van der Waals surface area (Å²) in [5.74, 6) is -1.20. The van der Waals surface area contributed by atoms with Crippen molar-refractivity contribution >= 4 is 27.6 Å². The van der Waals surface area contributed by atoms with Gasteiger partial charge in [-0.1, -0.05) is 48.5 Å². The number of benzene rings is 3. The number of ether oxygens (including phenoxy) is 2. The van der Waals surface area contributed by atoms with Crippen LogP contribution in [0.2, 0.25) is 0 Å². The molecule has 4 rings (SSSR count). The monoisotopic (exact) mass is 494 g/mol. The van der Waals surface area contributed by atoms with Crippen LogP contribution >= 0.6 is 0 Å². The molecule has 0 aromatic heterocycles. The van der Waals surface area contributed by atoms with Gasteiger partial charge in [0, 0.05) is 18.8 Å². The molecule has 1 N–H and O–H groups in total. The highest BCUT2D eigenvalue weighted by Gasteiger charge is 2.28. The SMILES string of the molecule is Cc1ccc(NC(=O)COC(=O)c2ccc(-c3ccccc3)cc2)cc1S(=O)(=O)N1CCOCC1. The summed E-state index contributed by atoms with van der Waals surface area (Å²) >= 11 is 0. The second-order valence-electron chi connectivity index (χ2n) is 8.06. The number of nitrogens with one attached hydrogen (secondary N) is 1. The van der Waals surface area contributed by atoms with Crippen molar-refractivity contribution in [1.29, 1.82) is 0 Å². The fourth-order valence-electron chi connectivity index (χ4n) is 3.72. The van der Waals surface area contributed by atoms with E-state index in [0.717, 1.165) is 11.1 Å². The van der Waals surface area contributed by atoms with Crippen molar-refractivity contribution in [1.82, 2.24) is 4.31 Å². The maximum absolute atomic E-state index is 13.0. The average Bonchev–Trinajstić information content (AvgIpc) is 2.89. The first kappa shape index (κ1) is 24.6. The highest BCUT2D eigenvalue weighted by atomic mass is 32.2. The molecule has 9 heteroatoms. The Kier molecular flexibility index (Phi) is 7.60. The molecule has 1 amide bonds. The van der Waals surface area contributed by atoms with Crippen molar-refractivity contribution in [3.8, 4) is 11.1 Å². The van der Waals surface area contributed by atoms with Crippen molar-refractivity contribution in [3.63, 3.8) is 0 Å². The van der Waals surface area contributed by atoms with Crippen LogP contribution < -0.4 is 5.32 Å². The molecule has 182 valence electrons. The van der Waals surface area contributed by atoms with Gasteiger partial charge in [-0.3, -0.25) is 4.79 Å². The van der Waals surface area contributed by atoms with E-state index in [2.05, 4.69) is 5.32 Å². The largest absolute Gasteiger partial charge is 0.452 e. The summed E-state index contributed by atoms with van der Waals surface area (Å²) in [4.78, 5) is 24.8. The number of carbonyl (C=O) groups is 2. The Bertz CT molecular complexity index is 1300. The van der Waals surface area contributed by atoms with Gasteiger partial charge in [0.2, 0.25) is 10.0 Å². The minimum Gasteiger partial charge on any atom is -0.452 e. The number of nitrogens with zero attached hydrogens (tertiary/aromatic N) is 1. The molecule has 1 fully saturated rings. The molecule has 0 saturated carbocycles. The van der Waals surface area contributed by atoms with Crippen LogP contribution in [-0.4, -0.2) is 57.5 Å². The average molecular weight is 495 g/mol. The number of hydrogen-bond donors (Lipinski definition) is 1. The van der Waals surface area contributed by atoms with Gasteiger partial charge >= 0.3 is 5.97 Å². The molecule has 35 heavy (non-hydrogen) atoms. The highest BCUT2D eigenvalue weighted by Crippen LogP contribution is 2.24. The van der Waals surface area contributed by atoms with Gasteiger partial charge in [0.05, 0.1) is 23.7 Å². The van der Waals surface area contributed by atoms with Gasteiger partial charge in [-0.15, -0.1) is 0 Å². The lowest BCUT2D eigenvalue weighted by Crippen LogP contribution is -2.40. The Hall–Kier alpha value is -3.53. The van der Waals surface area contributed by atoms with Gasteiger partial charge in [-0.2, -0.15) is 4.31 Å². The summed E-state index contributed by atoms with van der Waals surface area (Å²) in [5.41, 5.74) is 3.18. The van der Waals surface area contributed by atoms with Gasteiger partial charge in [-0.05, 0) is 47.9 Å². The van der Waals surface area contributed by atoms with Crippen molar-refractivity contribution in [3.05, 3.63) is 83.9 Å². The number of morpholine rings is 1. The zero-order valence-corrected chi connectivity index (χ0v) is 20.1. The van der Waals surface area contributed by atoms with E-state index >= 15 is 0 Å². The number of amides is 1. The summed E-state index contributed by atoms with van der Waals surface area (Å²) in [6, 6.07) is 21.3. The first-order valence-electron chi connectivity index (χ1n) is 11.2. The molecule has 0 radical (unpaired) electrons. The van der Waals surface area contributed by atoms with E-state index in [-0.39, 0.29) is 18.0 Å². The van der Waals surface area contributed by atoms with Crippen molar-refractivity contribution in [2.45, 2.75) is 11.8 Å². The third-order valence-corrected chi connectivity index (χ3v) is 7.66. The Balaban J connectivity index is 1.36. The number of hydrogen-bond acceptors (Lipinski definition) is 6. The number of carbonyl (C=O) groups excluding carboxylic acids is 2. The Labute approximate surface area is 204 Å². The number of esters is 1. The molecular formula is C26H26N2O6S. The first-order chi connectivity index (χ1) is 16.8. The summed E-state index contributed by atoms with van der Waals surface area (Å²) in [6.45, 7) is 2.44. The number of rotatable bonds is 7. The normalized spacial score (nSPS) is 14.3. The van der Waals surface area contributed by atoms with Crippen LogP contribution in [0.1, 0.15) is 15.9 Å². The maximum atomic E-state index is 13.0. The van der Waals surface area contributed by atoms with Crippen LogP contribution in [-0.2, 0) is 24.3 Å². The number of anilines is 1. The molecule has 1 aliphatic rings. The molecule has 3 aromatic rings. The van der Waals surface area contributed by atoms with Crippen LogP contribution in [0.15, 0.2) is 77.7 Å². The van der Waals surface area contributed by atoms with E-state index in [0.29, 0.717) is 30.0 Å². The van der Waals surface area contributed by atoms with E-state index in [1.165, 1.54) is 10.4 Å². The molecule has 1 saturated heterocycles. The predicted molar refractivity (Wildman–Crippen MR) is 132 cm³/mol. The Morgan fingerprint density at radius 3 is 2.29 bits per heavy atom. The van der Waals surface area contributed by atoms with Crippen LogP contribution in [0, 0.1) is 6.92 Å². The van der Waals surface area contributed by atoms with E-state index in [1.54, 1.807) is 31.2 Å². The molecule has 0 unspecified atom stereocenters. The zero-order valence-electron chi connectivity index (χ0n) is 19.3. The fourth-order valence-corrected chi connectivity index (χ4v) is 5.38.